The predicted octanol–water partition coefficient (Wildman–Crippen LogP) is 6.81. The summed E-state index contributed by atoms with van der Waals surface area (Å²) in [5, 5.41) is 10.5. The third kappa shape index (κ3) is 5.80. The first-order valence-electron chi connectivity index (χ1n) is 16.1. The summed E-state index contributed by atoms with van der Waals surface area (Å²) in [7, 11) is 0. The molecule has 0 amide bonds. The summed E-state index contributed by atoms with van der Waals surface area (Å²) >= 11 is 0. The first-order chi connectivity index (χ1) is 20.0. The van der Waals surface area contributed by atoms with Crippen molar-refractivity contribution in [3.05, 3.63) is 22.8 Å². The van der Waals surface area contributed by atoms with Gasteiger partial charge in [-0.15, -0.1) is 0 Å². The van der Waals surface area contributed by atoms with E-state index in [0.29, 0.717) is 36.8 Å². The smallest absolute Gasteiger partial charge is 0.331 e. The predicted molar refractivity (Wildman–Crippen MR) is 162 cm³/mol. The van der Waals surface area contributed by atoms with Crippen LogP contribution in [0, 0.1) is 39.9 Å². The Balaban J connectivity index is 1.86. The van der Waals surface area contributed by atoms with Crippen molar-refractivity contribution < 1.29 is 38.5 Å². The first-order valence-corrected chi connectivity index (χ1v) is 16.1. The number of carboxylic acid groups (broad SMARTS) is 1. The van der Waals surface area contributed by atoms with E-state index in [9.17, 15) is 24.3 Å². The van der Waals surface area contributed by atoms with Gasteiger partial charge in [-0.1, -0.05) is 39.3 Å². The van der Waals surface area contributed by atoms with Crippen LogP contribution >= 0.6 is 0 Å². The molecule has 0 aromatic rings. The van der Waals surface area contributed by atoms with E-state index in [0.717, 1.165) is 31.3 Å². The third-order valence-electron chi connectivity index (χ3n) is 12.1. The second-order valence-corrected chi connectivity index (χ2v) is 14.8. The fraction of sp³-hybridized carbons (Fsp3) is 0.771. The number of allylic oxidation sites excluding steroid dienone is 2. The molecule has 0 spiro atoms. The molecule has 0 saturated heterocycles. The van der Waals surface area contributed by atoms with Crippen LogP contribution in [0.4, 0.5) is 0 Å². The number of hydrogen-bond donors (Lipinski definition) is 1. The summed E-state index contributed by atoms with van der Waals surface area (Å²) in [6, 6.07) is 0. The molecule has 0 bridgehead atoms. The van der Waals surface area contributed by atoms with E-state index >= 15 is 0 Å². The zero-order valence-corrected chi connectivity index (χ0v) is 27.6. The average molecular weight is 601 g/mol. The molecule has 4 saturated carbocycles. The highest BCUT2D eigenvalue weighted by atomic mass is 16.6. The Morgan fingerprint density at radius 1 is 0.860 bits per heavy atom. The van der Waals surface area contributed by atoms with E-state index in [1.807, 2.05) is 19.9 Å². The van der Waals surface area contributed by atoms with Gasteiger partial charge in [0.2, 0.25) is 0 Å². The zero-order chi connectivity index (χ0) is 32.1. The Kier molecular flexibility index (Phi) is 9.31. The van der Waals surface area contributed by atoms with Crippen molar-refractivity contribution in [1.82, 2.24) is 0 Å². The molecule has 4 aliphatic carbocycles. The SMILES string of the molecule is CC(=O)O[C@H]1C[C@@]2(C)[C@@H](C[C@@H](OC(C)=O)[C@H]3[C@@]4(C)CC[C@@H](OC(C)=O)[C@@H](C)[C@@H]4CC[C@@]32C)/C1=C(\CCC=C(C)C)C(=O)O. The van der Waals surface area contributed by atoms with E-state index in [1.54, 1.807) is 0 Å². The van der Waals surface area contributed by atoms with E-state index in [4.69, 9.17) is 14.2 Å². The number of carbonyl (C=O) groups excluding carboxylic acids is 3. The molecule has 4 rings (SSSR count). The fourth-order valence-electron chi connectivity index (χ4n) is 10.4. The van der Waals surface area contributed by atoms with Crippen LogP contribution in [-0.2, 0) is 33.4 Å². The van der Waals surface area contributed by atoms with Crippen LogP contribution in [0.1, 0.15) is 114 Å². The van der Waals surface area contributed by atoms with Gasteiger partial charge in [0, 0.05) is 32.3 Å². The maximum atomic E-state index is 12.8. The Bertz CT molecular complexity index is 1210. The molecule has 0 aromatic heterocycles. The van der Waals surface area contributed by atoms with Crippen LogP contribution in [0.3, 0.4) is 0 Å². The summed E-state index contributed by atoms with van der Waals surface area (Å²) in [5.74, 6) is -1.76. The standard InChI is InChI=1S/C35H52O8/c1-19(2)11-10-12-24(32(39)40)30-26-17-28(42-22(5)37)31-33(7)15-14-27(41-21(4)36)20(3)25(33)13-16-34(31,8)35(26,9)18-29(30)43-23(6)38/h11,20,25-29,31H,10,12-18H2,1-9H3,(H,39,40)/b30-24-/t20-,25-,26-,27+,28+,29-,31-,33-,34-,35-/m0/s1. The molecule has 8 heteroatoms. The van der Waals surface area contributed by atoms with E-state index < -0.39 is 24.1 Å². The normalized spacial score (nSPS) is 41.1. The van der Waals surface area contributed by atoms with E-state index in [2.05, 4.69) is 27.7 Å². The lowest BCUT2D eigenvalue weighted by Crippen LogP contribution is -2.66. The molecule has 1 N–H and O–H groups in total. The highest BCUT2D eigenvalue weighted by molar-refractivity contribution is 5.88. The van der Waals surface area contributed by atoms with Crippen LogP contribution in [0.2, 0.25) is 0 Å². The monoisotopic (exact) mass is 600 g/mol. The van der Waals surface area contributed by atoms with Crippen LogP contribution < -0.4 is 0 Å². The molecular weight excluding hydrogens is 548 g/mol. The maximum absolute atomic E-state index is 12.8. The van der Waals surface area contributed by atoms with Crippen molar-refractivity contribution in [1.29, 1.82) is 0 Å². The first kappa shape index (κ1) is 33.3. The van der Waals surface area contributed by atoms with Gasteiger partial charge in [0.05, 0.1) is 0 Å². The molecule has 0 aromatic carbocycles. The molecule has 4 fully saturated rings. The summed E-state index contributed by atoms with van der Waals surface area (Å²) in [5.41, 5.74) is 1.25. The lowest BCUT2D eigenvalue weighted by Gasteiger charge is -2.69. The molecular formula is C35H52O8. The summed E-state index contributed by atoms with van der Waals surface area (Å²) in [6.07, 6.45) is 6.20. The van der Waals surface area contributed by atoms with Gasteiger partial charge in [-0.25, -0.2) is 4.79 Å². The number of carboxylic acids is 1. The van der Waals surface area contributed by atoms with Crippen LogP contribution in [-0.4, -0.2) is 47.3 Å². The lowest BCUT2D eigenvalue weighted by molar-refractivity contribution is -0.242. The third-order valence-corrected chi connectivity index (χ3v) is 12.1. The van der Waals surface area contributed by atoms with Gasteiger partial charge in [-0.2, -0.15) is 0 Å². The zero-order valence-electron chi connectivity index (χ0n) is 27.6. The van der Waals surface area contributed by atoms with Gasteiger partial charge in [-0.3, -0.25) is 14.4 Å². The van der Waals surface area contributed by atoms with Crippen LogP contribution in [0.25, 0.3) is 0 Å². The maximum Gasteiger partial charge on any atom is 0.331 e. The van der Waals surface area contributed by atoms with Gasteiger partial charge in [0.25, 0.3) is 0 Å². The van der Waals surface area contributed by atoms with E-state index in [1.165, 1.54) is 20.8 Å². The molecule has 240 valence electrons. The molecule has 43 heavy (non-hydrogen) atoms. The minimum atomic E-state index is -0.983. The van der Waals surface area contributed by atoms with Crippen molar-refractivity contribution in [2.24, 2.45) is 39.9 Å². The number of esters is 3. The van der Waals surface area contributed by atoms with Crippen molar-refractivity contribution in [2.45, 2.75) is 132 Å². The molecule has 0 radical (unpaired) electrons. The highest BCUT2D eigenvalue weighted by Gasteiger charge is 2.71. The number of aliphatic carboxylic acids is 1. The van der Waals surface area contributed by atoms with Crippen LogP contribution in [0.15, 0.2) is 22.8 Å². The lowest BCUT2D eigenvalue weighted by atomic mass is 9.36. The molecule has 0 aliphatic heterocycles. The highest BCUT2D eigenvalue weighted by Crippen LogP contribution is 2.75. The number of fused-ring (bicyclic) bond motifs is 5. The molecule has 10 atom stereocenters. The Labute approximate surface area is 257 Å². The second kappa shape index (κ2) is 12.0. The fourth-order valence-corrected chi connectivity index (χ4v) is 10.4. The van der Waals surface area contributed by atoms with Gasteiger partial charge < -0.3 is 19.3 Å². The van der Waals surface area contributed by atoms with Crippen molar-refractivity contribution in [3.63, 3.8) is 0 Å². The average Bonchev–Trinajstić information content (AvgIpc) is 3.14. The number of hydrogen-bond acceptors (Lipinski definition) is 7. The van der Waals surface area contributed by atoms with Gasteiger partial charge in [0.15, 0.2) is 0 Å². The van der Waals surface area contributed by atoms with Crippen LogP contribution in [0.5, 0.6) is 0 Å². The van der Waals surface area contributed by atoms with Crippen molar-refractivity contribution in [3.8, 4) is 0 Å². The Morgan fingerprint density at radius 3 is 2.02 bits per heavy atom. The summed E-state index contributed by atoms with van der Waals surface area (Å²) in [4.78, 5) is 49.8. The minimum absolute atomic E-state index is 0.0147. The van der Waals surface area contributed by atoms with Gasteiger partial charge >= 0.3 is 23.9 Å². The quantitative estimate of drug-likeness (QED) is 0.147. The Morgan fingerprint density at radius 2 is 1.47 bits per heavy atom. The molecule has 8 nitrogen and oxygen atoms in total. The summed E-state index contributed by atoms with van der Waals surface area (Å²) in [6.45, 7) is 17.4. The minimum Gasteiger partial charge on any atom is -0.478 e. The molecule has 0 heterocycles. The summed E-state index contributed by atoms with van der Waals surface area (Å²) < 4.78 is 17.9. The second-order valence-electron chi connectivity index (χ2n) is 14.8. The van der Waals surface area contributed by atoms with E-state index in [-0.39, 0.29) is 58.0 Å². The Hall–Kier alpha value is -2.64. The number of rotatable bonds is 7. The largest absolute Gasteiger partial charge is 0.478 e. The number of carbonyl (C=O) groups is 4. The molecule has 4 aliphatic rings. The van der Waals surface area contributed by atoms with Crippen molar-refractivity contribution in [2.75, 3.05) is 0 Å². The van der Waals surface area contributed by atoms with Gasteiger partial charge in [-0.05, 0) is 105 Å². The number of ether oxygens (including phenoxy) is 3. The topological polar surface area (TPSA) is 116 Å². The molecule has 0 unspecified atom stereocenters. The van der Waals surface area contributed by atoms with Crippen molar-refractivity contribution >= 4 is 23.9 Å². The van der Waals surface area contributed by atoms with Gasteiger partial charge in [0.1, 0.15) is 18.3 Å².